The van der Waals surface area contributed by atoms with Gasteiger partial charge in [0.2, 0.25) is 0 Å². The number of hydrogen-bond acceptors (Lipinski definition) is 6. The van der Waals surface area contributed by atoms with Crippen LogP contribution in [0.4, 0.5) is 5.69 Å². The van der Waals surface area contributed by atoms with Crippen molar-refractivity contribution in [2.75, 3.05) is 5.32 Å². The van der Waals surface area contributed by atoms with E-state index in [1.165, 1.54) is 6.07 Å². The Morgan fingerprint density at radius 1 is 1.24 bits per heavy atom. The van der Waals surface area contributed by atoms with Crippen LogP contribution in [0.1, 0.15) is 40.3 Å². The van der Waals surface area contributed by atoms with Crippen LogP contribution in [0.5, 0.6) is 0 Å². The number of aryl methyl sites for hydroxylation is 2. The molecule has 0 amide bonds. The summed E-state index contributed by atoms with van der Waals surface area (Å²) in [6.07, 6.45) is 2.42. The monoisotopic (exact) mass is 461 g/mol. The SMILES string of the molecule is Cc1cc([C@@H](C)Nc2ccc(Cl)nc2C(=O)O)c2nc3n(c(=O)c2c1)CCc1ncccc1-3. The Kier molecular flexibility index (Phi) is 5.09. The summed E-state index contributed by atoms with van der Waals surface area (Å²) in [6, 6.07) is 10.3. The van der Waals surface area contributed by atoms with Gasteiger partial charge < -0.3 is 10.4 Å². The first kappa shape index (κ1) is 21.1. The highest BCUT2D eigenvalue weighted by Crippen LogP contribution is 2.31. The summed E-state index contributed by atoms with van der Waals surface area (Å²) in [5.41, 5.74) is 4.11. The van der Waals surface area contributed by atoms with Crippen molar-refractivity contribution in [1.29, 1.82) is 0 Å². The molecule has 2 N–H and O–H groups in total. The maximum absolute atomic E-state index is 13.4. The third-order valence-corrected chi connectivity index (χ3v) is 6.05. The van der Waals surface area contributed by atoms with E-state index in [9.17, 15) is 14.7 Å². The van der Waals surface area contributed by atoms with Crippen LogP contribution in [0.25, 0.3) is 22.3 Å². The lowest BCUT2D eigenvalue weighted by Gasteiger charge is -2.23. The number of aromatic nitrogens is 4. The Morgan fingerprint density at radius 3 is 2.85 bits per heavy atom. The summed E-state index contributed by atoms with van der Waals surface area (Å²) in [5, 5.41) is 13.4. The third kappa shape index (κ3) is 3.62. The van der Waals surface area contributed by atoms with Gasteiger partial charge in [0.15, 0.2) is 5.69 Å². The lowest BCUT2D eigenvalue weighted by atomic mass is 9.99. The highest BCUT2D eigenvalue weighted by molar-refractivity contribution is 6.29. The predicted octanol–water partition coefficient (Wildman–Crippen LogP) is 4.24. The van der Waals surface area contributed by atoms with E-state index in [1.807, 2.05) is 38.1 Å². The summed E-state index contributed by atoms with van der Waals surface area (Å²) in [6.45, 7) is 4.34. The van der Waals surface area contributed by atoms with Crippen LogP contribution in [0.3, 0.4) is 0 Å². The van der Waals surface area contributed by atoms with Gasteiger partial charge in [0.05, 0.1) is 28.3 Å². The largest absolute Gasteiger partial charge is 0.476 e. The first-order valence-electron chi connectivity index (χ1n) is 10.5. The average molecular weight is 462 g/mol. The summed E-state index contributed by atoms with van der Waals surface area (Å²) >= 11 is 5.89. The summed E-state index contributed by atoms with van der Waals surface area (Å²) < 4.78 is 1.71. The normalized spacial score (nSPS) is 13.3. The Balaban J connectivity index is 1.68. The van der Waals surface area contributed by atoms with Crippen LogP contribution in [0.2, 0.25) is 5.15 Å². The first-order chi connectivity index (χ1) is 15.8. The predicted molar refractivity (Wildman–Crippen MR) is 126 cm³/mol. The number of anilines is 1. The zero-order valence-electron chi connectivity index (χ0n) is 18.0. The topological polar surface area (TPSA) is 110 Å². The molecule has 3 aromatic heterocycles. The molecule has 0 aliphatic carbocycles. The molecule has 0 fully saturated rings. The number of carbonyl (C=O) groups is 1. The fourth-order valence-corrected chi connectivity index (χ4v) is 4.48. The number of nitrogens with one attached hydrogen (secondary N) is 1. The van der Waals surface area contributed by atoms with Crippen molar-refractivity contribution in [3.05, 3.63) is 80.6 Å². The van der Waals surface area contributed by atoms with Crippen LogP contribution < -0.4 is 10.9 Å². The fraction of sp³-hybridized carbons (Fsp3) is 0.208. The fourth-order valence-electron chi connectivity index (χ4n) is 4.33. The van der Waals surface area contributed by atoms with Crippen LogP contribution in [-0.2, 0) is 13.0 Å². The minimum Gasteiger partial charge on any atom is -0.476 e. The molecule has 9 heteroatoms. The molecule has 0 radical (unpaired) electrons. The van der Waals surface area contributed by atoms with Crippen molar-refractivity contribution in [2.45, 2.75) is 32.9 Å². The van der Waals surface area contributed by atoms with Crippen molar-refractivity contribution in [3.8, 4) is 11.4 Å². The van der Waals surface area contributed by atoms with Gasteiger partial charge >= 0.3 is 5.97 Å². The molecule has 1 aliphatic heterocycles. The number of carboxylic acid groups (broad SMARTS) is 1. The van der Waals surface area contributed by atoms with Crippen LogP contribution >= 0.6 is 11.6 Å². The molecule has 8 nitrogen and oxygen atoms in total. The number of halogens is 1. The van der Waals surface area contributed by atoms with Crippen LogP contribution in [0.15, 0.2) is 47.4 Å². The van der Waals surface area contributed by atoms with E-state index in [0.29, 0.717) is 35.4 Å². The Hall–Kier alpha value is -3.78. The molecular formula is C24H20ClN5O3. The summed E-state index contributed by atoms with van der Waals surface area (Å²) in [4.78, 5) is 38.4. The molecule has 1 aromatic carbocycles. The second-order valence-corrected chi connectivity index (χ2v) is 8.48. The van der Waals surface area contributed by atoms with E-state index in [-0.39, 0.29) is 22.4 Å². The van der Waals surface area contributed by atoms with Gasteiger partial charge in [-0.05, 0) is 49.7 Å². The second-order valence-electron chi connectivity index (χ2n) is 8.09. The molecule has 0 spiro atoms. The number of aromatic carboxylic acids is 1. The van der Waals surface area contributed by atoms with Crippen molar-refractivity contribution in [3.63, 3.8) is 0 Å². The molecule has 4 heterocycles. The van der Waals surface area contributed by atoms with E-state index < -0.39 is 5.97 Å². The van der Waals surface area contributed by atoms with Gasteiger partial charge in [0.25, 0.3) is 5.56 Å². The standard InChI is InChI=1S/C24H20ClN5O3/c1-12-10-15(13(2)27-18-5-6-19(25)28-21(18)24(32)33)20-16(11-12)23(31)30-9-7-17-14(22(30)29-20)4-3-8-26-17/h3-6,8,10-11,13,27H,7,9H2,1-2H3,(H,32,33)/t13-/m1/s1. The van der Waals surface area contributed by atoms with Crippen molar-refractivity contribution in [1.82, 2.24) is 19.5 Å². The van der Waals surface area contributed by atoms with Crippen LogP contribution in [-0.4, -0.2) is 30.6 Å². The first-order valence-corrected chi connectivity index (χ1v) is 10.9. The lowest BCUT2D eigenvalue weighted by molar-refractivity contribution is 0.0691. The highest BCUT2D eigenvalue weighted by atomic mass is 35.5. The van der Waals surface area contributed by atoms with Gasteiger partial charge in [0.1, 0.15) is 11.0 Å². The third-order valence-electron chi connectivity index (χ3n) is 5.84. The number of fused-ring (bicyclic) bond motifs is 4. The minimum atomic E-state index is -1.18. The summed E-state index contributed by atoms with van der Waals surface area (Å²) in [7, 11) is 0. The van der Waals surface area contributed by atoms with Gasteiger partial charge in [-0.3, -0.25) is 14.3 Å². The van der Waals surface area contributed by atoms with Crippen molar-refractivity contribution < 1.29 is 9.90 Å². The summed E-state index contributed by atoms with van der Waals surface area (Å²) in [5.74, 6) is -0.589. The molecule has 0 saturated heterocycles. The van der Waals surface area contributed by atoms with E-state index in [4.69, 9.17) is 16.6 Å². The number of nitrogens with zero attached hydrogens (tertiary/aromatic N) is 4. The van der Waals surface area contributed by atoms with E-state index in [0.717, 1.165) is 22.4 Å². The van der Waals surface area contributed by atoms with Gasteiger partial charge in [0, 0.05) is 30.3 Å². The van der Waals surface area contributed by atoms with Gasteiger partial charge in [-0.25, -0.2) is 14.8 Å². The Morgan fingerprint density at radius 2 is 2.06 bits per heavy atom. The molecule has 0 bridgehead atoms. The quantitative estimate of drug-likeness (QED) is 0.437. The molecule has 5 rings (SSSR count). The smallest absolute Gasteiger partial charge is 0.356 e. The van der Waals surface area contributed by atoms with Crippen molar-refractivity contribution >= 4 is 34.2 Å². The number of rotatable bonds is 4. The maximum Gasteiger partial charge on any atom is 0.356 e. The van der Waals surface area contributed by atoms with Gasteiger partial charge in [-0.2, -0.15) is 0 Å². The van der Waals surface area contributed by atoms with E-state index in [2.05, 4.69) is 15.3 Å². The molecule has 1 aliphatic rings. The molecule has 33 heavy (non-hydrogen) atoms. The molecule has 166 valence electrons. The van der Waals surface area contributed by atoms with Gasteiger partial charge in [-0.1, -0.05) is 17.7 Å². The molecule has 0 unspecified atom stereocenters. The average Bonchev–Trinajstić information content (AvgIpc) is 2.80. The molecular weight excluding hydrogens is 442 g/mol. The Labute approximate surface area is 193 Å². The number of benzene rings is 1. The number of pyridine rings is 2. The van der Waals surface area contributed by atoms with Gasteiger partial charge in [-0.15, -0.1) is 0 Å². The van der Waals surface area contributed by atoms with Crippen LogP contribution in [0, 0.1) is 6.92 Å². The zero-order chi connectivity index (χ0) is 23.3. The van der Waals surface area contributed by atoms with E-state index >= 15 is 0 Å². The zero-order valence-corrected chi connectivity index (χ0v) is 18.7. The Bertz CT molecular complexity index is 1500. The molecule has 4 aromatic rings. The molecule has 1 atom stereocenters. The number of hydrogen-bond donors (Lipinski definition) is 2. The van der Waals surface area contributed by atoms with Crippen molar-refractivity contribution in [2.24, 2.45) is 0 Å². The molecule has 0 saturated carbocycles. The maximum atomic E-state index is 13.4. The second kappa shape index (κ2) is 7.97. The number of carboxylic acids is 1. The van der Waals surface area contributed by atoms with E-state index in [1.54, 1.807) is 16.8 Å². The lowest BCUT2D eigenvalue weighted by Crippen LogP contribution is -2.28. The minimum absolute atomic E-state index is 0.0963. The highest BCUT2D eigenvalue weighted by Gasteiger charge is 2.24.